The standard InChI is InChI=1S/C11H15F3N2/c1-8-7-9(11(12,13)14)5-6-10(8)16(4)15(2)3/h5-7H,1-4H3. The van der Waals surface area contributed by atoms with Crippen LogP contribution >= 0.6 is 0 Å². The number of benzene rings is 1. The summed E-state index contributed by atoms with van der Waals surface area (Å²) in [6, 6.07) is 3.75. The maximum Gasteiger partial charge on any atom is 0.416 e. The van der Waals surface area contributed by atoms with Gasteiger partial charge in [-0.15, -0.1) is 0 Å². The Labute approximate surface area is 93.2 Å². The maximum absolute atomic E-state index is 12.4. The van der Waals surface area contributed by atoms with Gasteiger partial charge >= 0.3 is 6.18 Å². The summed E-state index contributed by atoms with van der Waals surface area (Å²) in [4.78, 5) is 0. The number of hydrazine groups is 1. The summed E-state index contributed by atoms with van der Waals surface area (Å²) in [6.07, 6.45) is -4.28. The highest BCUT2D eigenvalue weighted by atomic mass is 19.4. The van der Waals surface area contributed by atoms with Crippen LogP contribution in [0.25, 0.3) is 0 Å². The second-order valence-electron chi connectivity index (χ2n) is 3.87. The first-order valence-corrected chi connectivity index (χ1v) is 4.82. The summed E-state index contributed by atoms with van der Waals surface area (Å²) in [5, 5.41) is 3.59. The Kier molecular flexibility index (Phi) is 3.48. The van der Waals surface area contributed by atoms with Gasteiger partial charge in [0.1, 0.15) is 0 Å². The van der Waals surface area contributed by atoms with Crippen molar-refractivity contribution in [3.63, 3.8) is 0 Å². The van der Waals surface area contributed by atoms with Crippen LogP contribution in [0.4, 0.5) is 18.9 Å². The van der Waals surface area contributed by atoms with Crippen LogP contribution in [0.1, 0.15) is 11.1 Å². The largest absolute Gasteiger partial charge is 0.416 e. The Morgan fingerprint density at radius 2 is 1.62 bits per heavy atom. The van der Waals surface area contributed by atoms with Crippen molar-refractivity contribution in [2.45, 2.75) is 13.1 Å². The van der Waals surface area contributed by atoms with Crippen LogP contribution in [-0.2, 0) is 6.18 Å². The third-order valence-corrected chi connectivity index (χ3v) is 2.47. The minimum Gasteiger partial charge on any atom is -0.309 e. The Hall–Kier alpha value is -1.23. The summed E-state index contributed by atoms with van der Waals surface area (Å²) in [6.45, 7) is 1.67. The first-order valence-electron chi connectivity index (χ1n) is 4.82. The van der Waals surface area contributed by atoms with Crippen LogP contribution in [-0.4, -0.2) is 26.2 Å². The van der Waals surface area contributed by atoms with Crippen molar-refractivity contribution in [1.29, 1.82) is 0 Å². The van der Waals surface area contributed by atoms with Gasteiger partial charge in [-0.1, -0.05) is 0 Å². The second kappa shape index (κ2) is 4.33. The second-order valence-corrected chi connectivity index (χ2v) is 3.87. The number of hydrogen-bond acceptors (Lipinski definition) is 2. The SMILES string of the molecule is Cc1cc(C(F)(F)F)ccc1N(C)N(C)C. The van der Waals surface area contributed by atoms with Crippen molar-refractivity contribution < 1.29 is 13.2 Å². The highest BCUT2D eigenvalue weighted by Crippen LogP contribution is 2.32. The number of aryl methyl sites for hydroxylation is 1. The smallest absolute Gasteiger partial charge is 0.309 e. The van der Waals surface area contributed by atoms with Crippen molar-refractivity contribution in [2.24, 2.45) is 0 Å². The van der Waals surface area contributed by atoms with Gasteiger partial charge in [-0.2, -0.15) is 13.2 Å². The Balaban J connectivity index is 3.10. The lowest BCUT2D eigenvalue weighted by molar-refractivity contribution is -0.137. The number of halogens is 3. The van der Waals surface area contributed by atoms with E-state index in [-0.39, 0.29) is 0 Å². The zero-order valence-corrected chi connectivity index (χ0v) is 9.76. The molecule has 0 heterocycles. The average Bonchev–Trinajstić information content (AvgIpc) is 2.15. The lowest BCUT2D eigenvalue weighted by atomic mass is 10.1. The van der Waals surface area contributed by atoms with E-state index < -0.39 is 11.7 Å². The lowest BCUT2D eigenvalue weighted by Gasteiger charge is -2.28. The highest BCUT2D eigenvalue weighted by Gasteiger charge is 2.30. The molecule has 0 bridgehead atoms. The summed E-state index contributed by atoms with van der Waals surface area (Å²) < 4.78 is 37.3. The number of alkyl halides is 3. The Bertz CT molecular complexity index is 372. The van der Waals surface area contributed by atoms with Crippen molar-refractivity contribution in [3.8, 4) is 0 Å². The van der Waals surface area contributed by atoms with Crippen LogP contribution in [0.15, 0.2) is 18.2 Å². The normalized spacial score (nSPS) is 12.0. The van der Waals surface area contributed by atoms with Gasteiger partial charge in [-0.3, -0.25) is 0 Å². The highest BCUT2D eigenvalue weighted by molar-refractivity contribution is 5.53. The molecule has 0 radical (unpaired) electrons. The van der Waals surface area contributed by atoms with Crippen molar-refractivity contribution in [1.82, 2.24) is 5.01 Å². The molecule has 0 aliphatic heterocycles. The average molecular weight is 232 g/mol. The molecule has 0 aliphatic carbocycles. The van der Waals surface area contributed by atoms with Crippen LogP contribution in [0.2, 0.25) is 0 Å². The summed E-state index contributed by atoms with van der Waals surface area (Å²) in [7, 11) is 5.46. The molecule has 16 heavy (non-hydrogen) atoms. The molecule has 1 aromatic carbocycles. The molecular weight excluding hydrogens is 217 g/mol. The van der Waals surface area contributed by atoms with E-state index in [1.54, 1.807) is 24.0 Å². The lowest BCUT2D eigenvalue weighted by Crippen LogP contribution is -2.33. The molecule has 0 spiro atoms. The van der Waals surface area contributed by atoms with Crippen molar-refractivity contribution in [3.05, 3.63) is 29.3 Å². The first-order chi connectivity index (χ1) is 7.23. The molecule has 0 saturated carbocycles. The van der Waals surface area contributed by atoms with Crippen LogP contribution in [0, 0.1) is 6.92 Å². The van der Waals surface area contributed by atoms with E-state index in [9.17, 15) is 13.2 Å². The number of hydrogen-bond donors (Lipinski definition) is 0. The number of rotatable bonds is 2. The molecule has 0 fully saturated rings. The van der Waals surface area contributed by atoms with E-state index in [2.05, 4.69) is 0 Å². The van der Waals surface area contributed by atoms with Crippen LogP contribution in [0.5, 0.6) is 0 Å². The van der Waals surface area contributed by atoms with Gasteiger partial charge in [0.15, 0.2) is 0 Å². The molecule has 0 unspecified atom stereocenters. The summed E-state index contributed by atoms with van der Waals surface area (Å²) >= 11 is 0. The first kappa shape index (κ1) is 12.8. The molecule has 0 N–H and O–H groups in total. The monoisotopic (exact) mass is 232 g/mol. The van der Waals surface area contributed by atoms with Gasteiger partial charge in [0, 0.05) is 21.1 Å². The zero-order valence-electron chi connectivity index (χ0n) is 9.76. The third kappa shape index (κ3) is 2.66. The molecule has 0 amide bonds. The maximum atomic E-state index is 12.4. The fourth-order valence-corrected chi connectivity index (χ4v) is 1.41. The van der Waals surface area contributed by atoms with Gasteiger partial charge in [-0.25, -0.2) is 5.01 Å². The minimum atomic E-state index is -4.28. The number of anilines is 1. The van der Waals surface area contributed by atoms with E-state index in [1.807, 2.05) is 14.1 Å². The Morgan fingerprint density at radius 3 is 2.00 bits per heavy atom. The third-order valence-electron chi connectivity index (χ3n) is 2.47. The fourth-order valence-electron chi connectivity index (χ4n) is 1.41. The van der Waals surface area contributed by atoms with E-state index >= 15 is 0 Å². The van der Waals surface area contributed by atoms with E-state index in [0.29, 0.717) is 5.56 Å². The molecule has 0 aromatic heterocycles. The van der Waals surface area contributed by atoms with E-state index in [0.717, 1.165) is 17.8 Å². The van der Waals surface area contributed by atoms with Crippen molar-refractivity contribution in [2.75, 3.05) is 26.2 Å². The molecule has 0 atom stereocenters. The summed E-state index contributed by atoms with van der Waals surface area (Å²) in [5.74, 6) is 0. The molecule has 0 saturated heterocycles. The molecule has 1 rings (SSSR count). The van der Waals surface area contributed by atoms with Gasteiger partial charge in [0.05, 0.1) is 11.3 Å². The van der Waals surface area contributed by atoms with Gasteiger partial charge < -0.3 is 5.01 Å². The van der Waals surface area contributed by atoms with E-state index in [4.69, 9.17) is 0 Å². The van der Waals surface area contributed by atoms with E-state index in [1.165, 1.54) is 6.07 Å². The molecule has 5 heteroatoms. The van der Waals surface area contributed by atoms with Crippen molar-refractivity contribution >= 4 is 5.69 Å². The fraction of sp³-hybridized carbons (Fsp3) is 0.455. The minimum absolute atomic E-state index is 0.603. The van der Waals surface area contributed by atoms with Crippen LogP contribution in [0.3, 0.4) is 0 Å². The molecule has 90 valence electrons. The molecular formula is C11H15F3N2. The quantitative estimate of drug-likeness (QED) is 0.723. The van der Waals surface area contributed by atoms with Crippen LogP contribution < -0.4 is 5.01 Å². The van der Waals surface area contributed by atoms with Gasteiger partial charge in [0.25, 0.3) is 0 Å². The molecule has 2 nitrogen and oxygen atoms in total. The van der Waals surface area contributed by atoms with Gasteiger partial charge in [-0.05, 0) is 30.7 Å². The predicted molar refractivity (Wildman–Crippen MR) is 58.3 cm³/mol. The zero-order chi connectivity index (χ0) is 12.5. The summed E-state index contributed by atoms with van der Waals surface area (Å²) in [5.41, 5.74) is 0.755. The molecule has 0 aliphatic rings. The number of nitrogens with zero attached hydrogens (tertiary/aromatic N) is 2. The Morgan fingerprint density at radius 1 is 1.06 bits per heavy atom. The predicted octanol–water partition coefficient (Wildman–Crippen LogP) is 2.93. The topological polar surface area (TPSA) is 6.48 Å². The van der Waals surface area contributed by atoms with Gasteiger partial charge in [0.2, 0.25) is 0 Å². The molecule has 1 aromatic rings.